The van der Waals surface area contributed by atoms with Crippen LogP contribution in [-0.4, -0.2) is 34.7 Å². The van der Waals surface area contributed by atoms with E-state index in [1.807, 2.05) is 0 Å². The molecule has 3 aliphatic rings. The standard InChI is InChI=1S/C10H11NO4/c1-9-2-3-10(4-12,15-9)6-5(9)7(13)11-8(6)14/h2-3,5-6,12H,4H2,1H3,(H,11,13,14)/t5-,6-,9+,10-/m1/s1. The molecule has 2 fully saturated rings. The zero-order valence-corrected chi connectivity index (χ0v) is 8.19. The molecule has 3 rings (SSSR count). The predicted molar refractivity (Wildman–Crippen MR) is 48.6 cm³/mol. The Morgan fingerprint density at radius 1 is 1.40 bits per heavy atom. The molecule has 3 heterocycles. The molecule has 0 aromatic heterocycles. The van der Waals surface area contributed by atoms with Crippen molar-refractivity contribution in [2.75, 3.05) is 6.61 Å². The number of amides is 2. The van der Waals surface area contributed by atoms with E-state index in [2.05, 4.69) is 5.32 Å². The van der Waals surface area contributed by atoms with E-state index >= 15 is 0 Å². The first-order valence-electron chi connectivity index (χ1n) is 4.88. The molecule has 0 aromatic rings. The average Bonchev–Trinajstić information content (AvgIpc) is 2.75. The minimum absolute atomic E-state index is 0.277. The van der Waals surface area contributed by atoms with Gasteiger partial charge in [0.2, 0.25) is 11.8 Å². The second kappa shape index (κ2) is 2.31. The monoisotopic (exact) mass is 209 g/mol. The van der Waals surface area contributed by atoms with Crippen LogP contribution in [0.3, 0.4) is 0 Å². The van der Waals surface area contributed by atoms with Crippen molar-refractivity contribution in [2.45, 2.75) is 18.1 Å². The van der Waals surface area contributed by atoms with Crippen LogP contribution >= 0.6 is 0 Å². The Balaban J connectivity index is 2.16. The van der Waals surface area contributed by atoms with Gasteiger partial charge in [0.05, 0.1) is 24.0 Å². The summed E-state index contributed by atoms with van der Waals surface area (Å²) in [5.74, 6) is -1.72. The minimum Gasteiger partial charge on any atom is -0.393 e. The Kier molecular flexibility index (Phi) is 1.39. The highest BCUT2D eigenvalue weighted by Gasteiger charge is 2.69. The Morgan fingerprint density at radius 2 is 2.07 bits per heavy atom. The van der Waals surface area contributed by atoms with E-state index in [0.717, 1.165) is 0 Å². The summed E-state index contributed by atoms with van der Waals surface area (Å²) in [6.45, 7) is 1.49. The zero-order valence-electron chi connectivity index (χ0n) is 8.19. The molecule has 5 nitrogen and oxygen atoms in total. The van der Waals surface area contributed by atoms with Gasteiger partial charge in [0.25, 0.3) is 0 Å². The molecule has 5 heteroatoms. The topological polar surface area (TPSA) is 75.6 Å². The minimum atomic E-state index is -0.990. The van der Waals surface area contributed by atoms with Crippen LogP contribution in [0, 0.1) is 11.8 Å². The molecule has 0 aliphatic carbocycles. The summed E-state index contributed by atoms with van der Waals surface area (Å²) in [4.78, 5) is 23.2. The Morgan fingerprint density at radius 3 is 2.73 bits per heavy atom. The number of rotatable bonds is 1. The van der Waals surface area contributed by atoms with Gasteiger partial charge in [0.1, 0.15) is 5.60 Å². The van der Waals surface area contributed by atoms with Gasteiger partial charge in [-0.25, -0.2) is 0 Å². The molecular formula is C10H11NO4. The molecule has 80 valence electrons. The van der Waals surface area contributed by atoms with Crippen molar-refractivity contribution >= 4 is 11.8 Å². The summed E-state index contributed by atoms with van der Waals surface area (Å²) in [6, 6.07) is 0. The maximum Gasteiger partial charge on any atom is 0.233 e. The van der Waals surface area contributed by atoms with Crippen molar-refractivity contribution in [3.05, 3.63) is 12.2 Å². The van der Waals surface area contributed by atoms with Crippen molar-refractivity contribution in [2.24, 2.45) is 11.8 Å². The lowest BCUT2D eigenvalue weighted by atomic mass is 9.73. The van der Waals surface area contributed by atoms with Gasteiger partial charge in [0.15, 0.2) is 0 Å². The summed E-state index contributed by atoms with van der Waals surface area (Å²) in [5, 5.41) is 11.6. The fraction of sp³-hybridized carbons (Fsp3) is 0.600. The summed E-state index contributed by atoms with van der Waals surface area (Å²) in [6.07, 6.45) is 3.47. The Labute approximate surface area is 86.1 Å². The molecule has 2 bridgehead atoms. The van der Waals surface area contributed by atoms with Crippen molar-refractivity contribution in [1.29, 1.82) is 0 Å². The van der Waals surface area contributed by atoms with Crippen LogP contribution in [0.1, 0.15) is 6.92 Å². The molecule has 4 atom stereocenters. The Bertz CT molecular complexity index is 404. The first-order valence-corrected chi connectivity index (χ1v) is 4.88. The smallest absolute Gasteiger partial charge is 0.233 e. The molecule has 0 spiro atoms. The molecule has 3 aliphatic heterocycles. The van der Waals surface area contributed by atoms with E-state index in [9.17, 15) is 14.7 Å². The number of ether oxygens (including phenoxy) is 1. The number of hydrogen-bond acceptors (Lipinski definition) is 4. The molecular weight excluding hydrogens is 198 g/mol. The van der Waals surface area contributed by atoms with E-state index in [4.69, 9.17) is 4.74 Å². The van der Waals surface area contributed by atoms with Gasteiger partial charge in [0, 0.05) is 0 Å². The second-order valence-corrected chi connectivity index (χ2v) is 4.54. The molecule has 0 saturated carbocycles. The second-order valence-electron chi connectivity index (χ2n) is 4.54. The number of nitrogens with one attached hydrogen (secondary N) is 1. The van der Waals surface area contributed by atoms with Gasteiger partial charge in [-0.3, -0.25) is 14.9 Å². The number of imide groups is 1. The van der Waals surface area contributed by atoms with Crippen molar-refractivity contribution in [3.63, 3.8) is 0 Å². The number of carbonyl (C=O) groups excluding carboxylic acids is 2. The lowest BCUT2D eigenvalue weighted by Crippen LogP contribution is -2.42. The molecule has 0 aromatic carbocycles. The number of aliphatic hydroxyl groups is 1. The Hall–Kier alpha value is -1.20. The summed E-state index contributed by atoms with van der Waals surface area (Å²) >= 11 is 0. The van der Waals surface area contributed by atoms with E-state index in [-0.39, 0.29) is 18.4 Å². The first-order chi connectivity index (χ1) is 7.02. The average molecular weight is 209 g/mol. The van der Waals surface area contributed by atoms with Crippen LogP contribution in [0.15, 0.2) is 12.2 Å². The SMILES string of the molecule is C[C@@]12C=C[C@](CO)(O1)[C@H]1C(=O)NC(=O)[C@@H]12. The fourth-order valence-corrected chi connectivity index (χ4v) is 2.98. The van der Waals surface area contributed by atoms with Crippen LogP contribution < -0.4 is 5.32 Å². The van der Waals surface area contributed by atoms with Crippen LogP contribution in [0.25, 0.3) is 0 Å². The van der Waals surface area contributed by atoms with E-state index in [1.165, 1.54) is 0 Å². The van der Waals surface area contributed by atoms with E-state index in [1.54, 1.807) is 19.1 Å². The van der Waals surface area contributed by atoms with E-state index in [0.29, 0.717) is 0 Å². The van der Waals surface area contributed by atoms with Gasteiger partial charge >= 0.3 is 0 Å². The number of fused-ring (bicyclic) bond motifs is 5. The highest BCUT2D eigenvalue weighted by Crippen LogP contribution is 2.55. The molecule has 2 saturated heterocycles. The van der Waals surface area contributed by atoms with Gasteiger partial charge in [-0.1, -0.05) is 12.2 Å². The van der Waals surface area contributed by atoms with Gasteiger partial charge in [-0.05, 0) is 6.92 Å². The summed E-state index contributed by atoms with van der Waals surface area (Å²) < 4.78 is 5.66. The fourth-order valence-electron chi connectivity index (χ4n) is 2.98. The normalized spacial score (nSPS) is 51.1. The predicted octanol–water partition coefficient (Wildman–Crippen LogP) is -1.03. The first kappa shape index (κ1) is 9.06. The summed E-state index contributed by atoms with van der Waals surface area (Å²) in [7, 11) is 0. The highest BCUT2D eigenvalue weighted by atomic mass is 16.5. The van der Waals surface area contributed by atoms with Crippen LogP contribution in [0.2, 0.25) is 0 Å². The highest BCUT2D eigenvalue weighted by molar-refractivity contribution is 6.07. The van der Waals surface area contributed by atoms with Gasteiger partial charge < -0.3 is 9.84 Å². The van der Waals surface area contributed by atoms with E-state index < -0.39 is 23.0 Å². The van der Waals surface area contributed by atoms with Crippen molar-refractivity contribution in [3.8, 4) is 0 Å². The third-order valence-corrected chi connectivity index (χ3v) is 3.64. The van der Waals surface area contributed by atoms with Crippen molar-refractivity contribution in [1.82, 2.24) is 5.32 Å². The third-order valence-electron chi connectivity index (χ3n) is 3.64. The largest absolute Gasteiger partial charge is 0.393 e. The third kappa shape index (κ3) is 0.815. The maximum atomic E-state index is 11.6. The number of carbonyl (C=O) groups is 2. The van der Waals surface area contributed by atoms with Gasteiger partial charge in [-0.15, -0.1) is 0 Å². The number of aliphatic hydroxyl groups excluding tert-OH is 1. The summed E-state index contributed by atoms with van der Waals surface area (Å²) in [5.41, 5.74) is -1.74. The molecule has 0 unspecified atom stereocenters. The van der Waals surface area contributed by atoms with Crippen LogP contribution in [0.4, 0.5) is 0 Å². The lowest BCUT2D eigenvalue weighted by molar-refractivity contribution is -0.134. The quantitative estimate of drug-likeness (QED) is 0.427. The molecule has 2 N–H and O–H groups in total. The maximum absolute atomic E-state index is 11.6. The number of hydrogen-bond donors (Lipinski definition) is 2. The van der Waals surface area contributed by atoms with Crippen molar-refractivity contribution < 1.29 is 19.4 Å². The van der Waals surface area contributed by atoms with Crippen LogP contribution in [-0.2, 0) is 14.3 Å². The van der Waals surface area contributed by atoms with Crippen LogP contribution in [0.5, 0.6) is 0 Å². The molecule has 15 heavy (non-hydrogen) atoms. The molecule has 0 radical (unpaired) electrons. The lowest BCUT2D eigenvalue weighted by Gasteiger charge is -2.24. The molecule has 2 amide bonds. The zero-order chi connectivity index (χ0) is 10.8. The van der Waals surface area contributed by atoms with Gasteiger partial charge in [-0.2, -0.15) is 0 Å².